The van der Waals surface area contributed by atoms with Gasteiger partial charge in [-0.15, -0.1) is 0 Å². The van der Waals surface area contributed by atoms with Crippen molar-refractivity contribution in [3.05, 3.63) is 69.5 Å². The summed E-state index contributed by atoms with van der Waals surface area (Å²) in [6, 6.07) is 11.3. The predicted octanol–water partition coefficient (Wildman–Crippen LogP) is 4.59. The fourth-order valence-corrected chi connectivity index (χ4v) is 2.81. The monoisotopic (exact) mass is 337 g/mol. The second kappa shape index (κ2) is 5.90. The van der Waals surface area contributed by atoms with Gasteiger partial charge in [-0.2, -0.15) is 0 Å². The van der Waals surface area contributed by atoms with Gasteiger partial charge in [-0.05, 0) is 48.7 Å². The summed E-state index contributed by atoms with van der Waals surface area (Å²) < 4.78 is 13.0. The molecule has 2 nitrogen and oxygen atoms in total. The highest BCUT2D eigenvalue weighted by molar-refractivity contribution is 6.42. The number of nitrogens with one attached hydrogen (secondary N) is 1. The van der Waals surface area contributed by atoms with Crippen molar-refractivity contribution in [1.82, 2.24) is 5.32 Å². The minimum atomic E-state index is -0.251. The Morgan fingerprint density at radius 1 is 1.09 bits per heavy atom. The molecule has 1 N–H and O–H groups in total. The van der Waals surface area contributed by atoms with Gasteiger partial charge in [0.25, 0.3) is 5.91 Å². The molecule has 0 atom stereocenters. The lowest BCUT2D eigenvalue weighted by atomic mass is 9.96. The van der Waals surface area contributed by atoms with Gasteiger partial charge >= 0.3 is 0 Å². The Morgan fingerprint density at radius 3 is 2.36 bits per heavy atom. The largest absolute Gasteiger partial charge is 0.351 e. The van der Waals surface area contributed by atoms with Crippen LogP contribution in [0.1, 0.15) is 28.8 Å². The lowest BCUT2D eigenvalue weighted by Crippen LogP contribution is -2.32. The summed E-state index contributed by atoms with van der Waals surface area (Å²) in [5, 5.41) is 3.70. The zero-order valence-corrected chi connectivity index (χ0v) is 13.2. The molecule has 0 aliphatic heterocycles. The molecule has 22 heavy (non-hydrogen) atoms. The maximum atomic E-state index is 13.0. The van der Waals surface area contributed by atoms with Crippen LogP contribution in [0.2, 0.25) is 10.0 Å². The van der Waals surface area contributed by atoms with Gasteiger partial charge in [0.15, 0.2) is 0 Å². The van der Waals surface area contributed by atoms with Crippen LogP contribution in [0.5, 0.6) is 0 Å². The molecule has 1 saturated carbocycles. The molecule has 0 radical (unpaired) electrons. The molecule has 1 aliphatic carbocycles. The van der Waals surface area contributed by atoms with Crippen molar-refractivity contribution >= 4 is 29.1 Å². The molecule has 1 amide bonds. The smallest absolute Gasteiger partial charge is 0.251 e. The van der Waals surface area contributed by atoms with E-state index in [1.807, 2.05) is 0 Å². The van der Waals surface area contributed by atoms with E-state index in [0.717, 1.165) is 18.4 Å². The van der Waals surface area contributed by atoms with E-state index >= 15 is 0 Å². The van der Waals surface area contributed by atoms with Crippen molar-refractivity contribution in [3.63, 3.8) is 0 Å². The third-order valence-electron chi connectivity index (χ3n) is 4.08. The van der Waals surface area contributed by atoms with Crippen molar-refractivity contribution < 1.29 is 9.18 Å². The van der Waals surface area contributed by atoms with Gasteiger partial charge in [-0.1, -0.05) is 35.3 Å². The maximum Gasteiger partial charge on any atom is 0.251 e. The Balaban J connectivity index is 1.68. The first-order valence-corrected chi connectivity index (χ1v) is 7.75. The van der Waals surface area contributed by atoms with Crippen LogP contribution in [0, 0.1) is 5.82 Å². The molecule has 0 saturated heterocycles. The van der Waals surface area contributed by atoms with E-state index in [1.165, 1.54) is 12.1 Å². The lowest BCUT2D eigenvalue weighted by Gasteiger charge is -2.17. The molecular formula is C17H14Cl2FNO. The van der Waals surface area contributed by atoms with Gasteiger partial charge in [0.1, 0.15) is 5.82 Å². The van der Waals surface area contributed by atoms with E-state index in [-0.39, 0.29) is 17.1 Å². The number of carbonyl (C=O) groups excluding carboxylic acids is 1. The van der Waals surface area contributed by atoms with Gasteiger partial charge < -0.3 is 5.32 Å². The fraction of sp³-hybridized carbons (Fsp3) is 0.235. The van der Waals surface area contributed by atoms with E-state index in [9.17, 15) is 9.18 Å². The summed E-state index contributed by atoms with van der Waals surface area (Å²) in [5.41, 5.74) is 1.46. The van der Waals surface area contributed by atoms with Crippen LogP contribution in [0.4, 0.5) is 4.39 Å². The molecule has 1 aliphatic rings. The van der Waals surface area contributed by atoms with Crippen molar-refractivity contribution in [2.24, 2.45) is 0 Å². The summed E-state index contributed by atoms with van der Waals surface area (Å²) in [6.45, 7) is 0.526. The Hall–Kier alpha value is -1.58. The molecule has 114 valence electrons. The third-order valence-corrected chi connectivity index (χ3v) is 4.82. The number of carbonyl (C=O) groups is 1. The molecule has 0 aromatic heterocycles. The Labute approximate surface area is 138 Å². The normalized spacial score (nSPS) is 15.4. The third kappa shape index (κ3) is 3.11. The van der Waals surface area contributed by atoms with Crippen LogP contribution in [0.3, 0.4) is 0 Å². The first kappa shape index (κ1) is 15.3. The molecule has 5 heteroatoms. The molecule has 0 unspecified atom stereocenters. The van der Waals surface area contributed by atoms with E-state index < -0.39 is 0 Å². The number of rotatable bonds is 4. The van der Waals surface area contributed by atoms with Crippen molar-refractivity contribution in [2.75, 3.05) is 6.54 Å². The minimum Gasteiger partial charge on any atom is -0.351 e. The molecule has 3 rings (SSSR count). The zero-order valence-electron chi connectivity index (χ0n) is 11.7. The molecular weight excluding hydrogens is 324 g/mol. The number of hydrogen-bond donors (Lipinski definition) is 1. The Morgan fingerprint density at radius 2 is 1.77 bits per heavy atom. The summed E-state index contributed by atoms with van der Waals surface area (Å²) in [7, 11) is 0. The summed E-state index contributed by atoms with van der Waals surface area (Å²) >= 11 is 11.8. The van der Waals surface area contributed by atoms with Gasteiger partial charge in [-0.25, -0.2) is 4.39 Å². The number of halogens is 3. The number of hydrogen-bond acceptors (Lipinski definition) is 1. The second-order valence-corrected chi connectivity index (χ2v) is 6.41. The quantitative estimate of drug-likeness (QED) is 0.868. The van der Waals surface area contributed by atoms with Crippen LogP contribution in [0.25, 0.3) is 0 Å². The summed E-state index contributed by atoms with van der Waals surface area (Å²) in [5.74, 6) is -0.439. The van der Waals surface area contributed by atoms with Crippen LogP contribution >= 0.6 is 23.2 Å². The number of benzene rings is 2. The van der Waals surface area contributed by atoms with Gasteiger partial charge in [0.2, 0.25) is 0 Å². The first-order valence-electron chi connectivity index (χ1n) is 6.99. The fourth-order valence-electron chi connectivity index (χ4n) is 2.51. The molecule has 2 aromatic rings. The topological polar surface area (TPSA) is 29.1 Å². The highest BCUT2D eigenvalue weighted by Gasteiger charge is 2.44. The standard InChI is InChI=1S/C17H14Cl2FNO/c18-14-6-1-11(9-15(14)19)16(22)21-10-17(7-8-17)12-2-4-13(20)5-3-12/h1-6,9H,7-8,10H2,(H,21,22). The van der Waals surface area contributed by atoms with Crippen LogP contribution in [-0.4, -0.2) is 12.5 Å². The summed E-state index contributed by atoms with van der Waals surface area (Å²) in [6.07, 6.45) is 1.97. The molecule has 0 spiro atoms. The predicted molar refractivity (Wildman–Crippen MR) is 86.1 cm³/mol. The van der Waals surface area contributed by atoms with Crippen LogP contribution in [0.15, 0.2) is 42.5 Å². The van der Waals surface area contributed by atoms with E-state index in [2.05, 4.69) is 5.32 Å². The van der Waals surface area contributed by atoms with Crippen molar-refractivity contribution in [1.29, 1.82) is 0 Å². The Bertz CT molecular complexity index is 711. The average Bonchev–Trinajstić information content (AvgIpc) is 3.29. The van der Waals surface area contributed by atoms with Gasteiger partial charge in [-0.3, -0.25) is 4.79 Å². The Kier molecular flexibility index (Phi) is 4.11. The van der Waals surface area contributed by atoms with E-state index in [0.29, 0.717) is 22.2 Å². The van der Waals surface area contributed by atoms with E-state index in [4.69, 9.17) is 23.2 Å². The van der Waals surface area contributed by atoms with Crippen LogP contribution < -0.4 is 5.32 Å². The highest BCUT2D eigenvalue weighted by Crippen LogP contribution is 2.47. The average molecular weight is 338 g/mol. The molecule has 1 fully saturated rings. The SMILES string of the molecule is O=C(NCC1(c2ccc(F)cc2)CC1)c1ccc(Cl)c(Cl)c1. The first-order chi connectivity index (χ1) is 10.5. The van der Waals surface area contributed by atoms with E-state index in [1.54, 1.807) is 30.3 Å². The lowest BCUT2D eigenvalue weighted by molar-refractivity contribution is 0.0949. The number of amides is 1. The second-order valence-electron chi connectivity index (χ2n) is 5.60. The highest BCUT2D eigenvalue weighted by atomic mass is 35.5. The van der Waals surface area contributed by atoms with Crippen molar-refractivity contribution in [2.45, 2.75) is 18.3 Å². The summed E-state index contributed by atoms with van der Waals surface area (Å²) in [4.78, 5) is 12.2. The molecule has 2 aromatic carbocycles. The molecule has 0 heterocycles. The van der Waals surface area contributed by atoms with Gasteiger partial charge in [0.05, 0.1) is 10.0 Å². The van der Waals surface area contributed by atoms with Crippen LogP contribution in [-0.2, 0) is 5.41 Å². The van der Waals surface area contributed by atoms with Gasteiger partial charge in [0, 0.05) is 17.5 Å². The zero-order chi connectivity index (χ0) is 15.7. The minimum absolute atomic E-state index is 0.0699. The molecule has 0 bridgehead atoms. The van der Waals surface area contributed by atoms with Crippen molar-refractivity contribution in [3.8, 4) is 0 Å². The maximum absolute atomic E-state index is 13.0.